The average molecular weight is 939 g/mol. The minimum atomic E-state index is -4.60. The van der Waals surface area contributed by atoms with E-state index < -0.39 is 26.6 Å². The van der Waals surface area contributed by atoms with E-state index in [9.17, 15) is 19.4 Å². The zero-order valence-corrected chi connectivity index (χ0v) is 43.7. The number of nitrogens with zero attached hydrogens (tertiary/aromatic N) is 1. The summed E-state index contributed by atoms with van der Waals surface area (Å²) in [6.45, 7) is 4.49. The van der Waals surface area contributed by atoms with Crippen molar-refractivity contribution >= 4 is 13.7 Å². The fourth-order valence-corrected chi connectivity index (χ4v) is 7.60. The molecule has 0 aliphatic carbocycles. The summed E-state index contributed by atoms with van der Waals surface area (Å²) >= 11 is 0. The van der Waals surface area contributed by atoms with Crippen LogP contribution in [0.4, 0.5) is 0 Å². The highest BCUT2D eigenvalue weighted by Gasteiger charge is 2.23. The number of hydrogen-bond acceptors (Lipinski definition) is 6. The maximum Gasteiger partial charge on any atom is 0.268 e. The molecule has 0 radical (unpaired) electrons. The number of phosphoric ester groups is 1. The average Bonchev–Trinajstić information content (AvgIpc) is 3.28. The molecular formula is C57H99N2O6P. The quantitative estimate of drug-likeness (QED) is 0.0272. The molecule has 0 saturated heterocycles. The zero-order valence-electron chi connectivity index (χ0n) is 42.9. The van der Waals surface area contributed by atoms with Crippen LogP contribution in [0.2, 0.25) is 0 Å². The number of carbonyl (C=O) groups excluding carboxylic acids is 1. The third-order valence-corrected chi connectivity index (χ3v) is 12.0. The second-order valence-corrected chi connectivity index (χ2v) is 19.9. The van der Waals surface area contributed by atoms with Crippen LogP contribution in [0, 0.1) is 0 Å². The van der Waals surface area contributed by atoms with Gasteiger partial charge in [0.2, 0.25) is 5.91 Å². The number of rotatable bonds is 46. The van der Waals surface area contributed by atoms with Gasteiger partial charge in [-0.1, -0.05) is 213 Å². The summed E-state index contributed by atoms with van der Waals surface area (Å²) in [6, 6.07) is -0.901. The van der Waals surface area contributed by atoms with E-state index in [0.717, 1.165) is 116 Å². The lowest BCUT2D eigenvalue weighted by Crippen LogP contribution is -2.45. The Bertz CT molecular complexity index is 1440. The number of aliphatic hydroxyl groups excluding tert-OH is 1. The first-order valence-corrected chi connectivity index (χ1v) is 27.7. The lowest BCUT2D eigenvalue weighted by atomic mass is 10.0. The van der Waals surface area contributed by atoms with Crippen molar-refractivity contribution in [3.63, 3.8) is 0 Å². The lowest BCUT2D eigenvalue weighted by Gasteiger charge is -2.29. The van der Waals surface area contributed by atoms with Gasteiger partial charge in [-0.25, -0.2) is 0 Å². The van der Waals surface area contributed by atoms with Gasteiger partial charge in [0.15, 0.2) is 0 Å². The summed E-state index contributed by atoms with van der Waals surface area (Å²) in [5.41, 5.74) is 0. The molecule has 66 heavy (non-hydrogen) atoms. The third kappa shape index (κ3) is 49.1. The first-order chi connectivity index (χ1) is 32.0. The van der Waals surface area contributed by atoms with E-state index in [0.29, 0.717) is 17.4 Å². The molecule has 0 heterocycles. The van der Waals surface area contributed by atoms with E-state index in [-0.39, 0.29) is 12.5 Å². The number of likely N-dealkylation sites (N-methyl/N-ethyl adjacent to an activating group) is 1. The normalized spacial score (nSPS) is 15.0. The lowest BCUT2D eigenvalue weighted by molar-refractivity contribution is -0.870. The maximum atomic E-state index is 12.9. The fourth-order valence-electron chi connectivity index (χ4n) is 6.87. The SMILES string of the molecule is CC/C=C\C/C=C\C/C=C\C/C=C\C/C=C\C/C=C\C/C=C\C/C=C\CCCCCCCCC(=O)NC(COP(=O)([O-])OCC[N+](C)(C)C)C(O)/C=C/CCCCCCCCCCCCC. The summed E-state index contributed by atoms with van der Waals surface area (Å²) in [6.07, 6.45) is 68.6. The van der Waals surface area contributed by atoms with Crippen molar-refractivity contribution in [2.75, 3.05) is 40.9 Å². The van der Waals surface area contributed by atoms with Gasteiger partial charge in [-0.05, 0) is 83.5 Å². The highest BCUT2D eigenvalue weighted by molar-refractivity contribution is 7.45. The molecule has 0 rings (SSSR count). The van der Waals surface area contributed by atoms with Gasteiger partial charge in [0.1, 0.15) is 13.2 Å². The van der Waals surface area contributed by atoms with Gasteiger partial charge in [-0.3, -0.25) is 9.36 Å². The molecule has 0 fully saturated rings. The molecule has 378 valence electrons. The van der Waals surface area contributed by atoms with Crippen LogP contribution >= 0.6 is 7.82 Å². The second-order valence-electron chi connectivity index (χ2n) is 18.5. The van der Waals surface area contributed by atoms with Crippen LogP contribution in [0.25, 0.3) is 0 Å². The van der Waals surface area contributed by atoms with Gasteiger partial charge in [0.25, 0.3) is 7.82 Å². The largest absolute Gasteiger partial charge is 0.756 e. The van der Waals surface area contributed by atoms with E-state index in [2.05, 4.69) is 116 Å². The molecule has 2 N–H and O–H groups in total. The minimum Gasteiger partial charge on any atom is -0.756 e. The molecular weight excluding hydrogens is 840 g/mol. The Balaban J connectivity index is 4.27. The number of unbranched alkanes of at least 4 members (excludes halogenated alkanes) is 17. The predicted molar refractivity (Wildman–Crippen MR) is 283 cm³/mol. The Kier molecular flexibility index (Phi) is 45.2. The number of carbonyl (C=O) groups is 1. The number of hydrogen-bond donors (Lipinski definition) is 2. The fraction of sp³-hybridized carbons (Fsp3) is 0.667. The summed E-state index contributed by atoms with van der Waals surface area (Å²) in [5.74, 6) is -0.218. The maximum absolute atomic E-state index is 12.9. The van der Waals surface area contributed by atoms with Gasteiger partial charge < -0.3 is 28.8 Å². The van der Waals surface area contributed by atoms with Crippen molar-refractivity contribution in [1.82, 2.24) is 5.32 Å². The Morgan fingerprint density at radius 2 is 0.924 bits per heavy atom. The van der Waals surface area contributed by atoms with E-state index >= 15 is 0 Å². The highest BCUT2D eigenvalue weighted by atomic mass is 31.2. The smallest absolute Gasteiger partial charge is 0.268 e. The summed E-state index contributed by atoms with van der Waals surface area (Å²) in [4.78, 5) is 25.4. The number of phosphoric acid groups is 1. The molecule has 0 saturated carbocycles. The number of aliphatic hydroxyl groups is 1. The van der Waals surface area contributed by atoms with Crippen LogP contribution in [0.1, 0.15) is 194 Å². The topological polar surface area (TPSA) is 108 Å². The third-order valence-electron chi connectivity index (χ3n) is 11.0. The van der Waals surface area contributed by atoms with Crippen LogP contribution in [-0.4, -0.2) is 68.5 Å². The standard InChI is InChI=1S/C57H99N2O6P/c1-6-8-10-12-14-16-18-20-21-22-23-24-25-26-27-28-29-30-31-32-33-34-35-36-37-39-41-43-45-47-49-51-57(61)58-55(54-65-66(62,63)64-53-52-59(3,4)5)56(60)50-48-46-44-42-40-38-19-17-15-13-11-9-7-2/h8,10,14,16,20-21,23-24,26-27,29-30,32-33,35-36,48,50,55-56,60H,6-7,9,11-13,15,17-19,22,25,28,31,34,37-47,49,51-54H2,1-5H3,(H-,58,61,62,63)/b10-8-,16-14-,21-20-,24-23-,27-26-,30-29-,33-32-,36-35-,50-48+. The van der Waals surface area contributed by atoms with Gasteiger partial charge in [0.05, 0.1) is 39.9 Å². The Hall–Kier alpha value is -2.84. The van der Waals surface area contributed by atoms with E-state index in [1.807, 2.05) is 27.2 Å². The van der Waals surface area contributed by atoms with Crippen molar-refractivity contribution in [1.29, 1.82) is 0 Å². The molecule has 0 aromatic carbocycles. The van der Waals surface area contributed by atoms with E-state index in [1.165, 1.54) is 57.8 Å². The molecule has 3 atom stereocenters. The number of allylic oxidation sites excluding steroid dienone is 17. The summed E-state index contributed by atoms with van der Waals surface area (Å²) in [7, 11) is 1.23. The number of nitrogens with one attached hydrogen (secondary N) is 1. The number of amides is 1. The monoisotopic (exact) mass is 939 g/mol. The molecule has 8 nitrogen and oxygen atoms in total. The van der Waals surface area contributed by atoms with Crippen LogP contribution in [0.5, 0.6) is 0 Å². The van der Waals surface area contributed by atoms with Crippen molar-refractivity contribution in [2.45, 2.75) is 206 Å². The van der Waals surface area contributed by atoms with Crippen molar-refractivity contribution in [3.05, 3.63) is 109 Å². The van der Waals surface area contributed by atoms with Crippen molar-refractivity contribution < 1.29 is 32.9 Å². The van der Waals surface area contributed by atoms with E-state index in [4.69, 9.17) is 9.05 Å². The molecule has 3 unspecified atom stereocenters. The van der Waals surface area contributed by atoms with Crippen molar-refractivity contribution in [3.8, 4) is 0 Å². The first-order valence-electron chi connectivity index (χ1n) is 26.2. The van der Waals surface area contributed by atoms with E-state index in [1.54, 1.807) is 6.08 Å². The zero-order chi connectivity index (χ0) is 48.5. The summed E-state index contributed by atoms with van der Waals surface area (Å²) in [5, 5.41) is 13.8. The minimum absolute atomic E-state index is 0.0101. The molecule has 0 aliphatic heterocycles. The van der Waals surface area contributed by atoms with Crippen LogP contribution < -0.4 is 10.2 Å². The Labute approximate surface area is 406 Å². The molecule has 0 aliphatic rings. The second kappa shape index (κ2) is 47.2. The van der Waals surface area contributed by atoms with Gasteiger partial charge in [0, 0.05) is 6.42 Å². The molecule has 0 aromatic rings. The molecule has 0 bridgehead atoms. The highest BCUT2D eigenvalue weighted by Crippen LogP contribution is 2.38. The first kappa shape index (κ1) is 63.2. The Morgan fingerprint density at radius 3 is 1.35 bits per heavy atom. The van der Waals surface area contributed by atoms with Gasteiger partial charge in [-0.15, -0.1) is 0 Å². The predicted octanol–water partition coefficient (Wildman–Crippen LogP) is 15.0. The van der Waals surface area contributed by atoms with Crippen LogP contribution in [0.3, 0.4) is 0 Å². The molecule has 1 amide bonds. The molecule has 0 aromatic heterocycles. The molecule has 9 heteroatoms. The number of quaternary nitrogens is 1. The van der Waals surface area contributed by atoms with Gasteiger partial charge >= 0.3 is 0 Å². The summed E-state index contributed by atoms with van der Waals surface area (Å²) < 4.78 is 23.2. The van der Waals surface area contributed by atoms with Crippen LogP contribution in [-0.2, 0) is 18.4 Å². The molecule has 0 spiro atoms. The van der Waals surface area contributed by atoms with Crippen LogP contribution in [0.15, 0.2) is 109 Å². The van der Waals surface area contributed by atoms with Gasteiger partial charge in [-0.2, -0.15) is 0 Å². The van der Waals surface area contributed by atoms with Crippen molar-refractivity contribution in [2.24, 2.45) is 0 Å². The Morgan fingerprint density at radius 1 is 0.545 bits per heavy atom.